The molecule has 1 aromatic heterocycles. The van der Waals surface area contributed by atoms with Gasteiger partial charge in [-0.3, -0.25) is 4.79 Å². The van der Waals surface area contributed by atoms with E-state index in [1.165, 1.54) is 11.8 Å². The van der Waals surface area contributed by atoms with Gasteiger partial charge >= 0.3 is 0 Å². The van der Waals surface area contributed by atoms with E-state index >= 15 is 0 Å². The summed E-state index contributed by atoms with van der Waals surface area (Å²) >= 11 is 1.47. The third kappa shape index (κ3) is 4.61. The predicted molar refractivity (Wildman–Crippen MR) is 142 cm³/mol. The van der Waals surface area contributed by atoms with Crippen LogP contribution in [0.15, 0.2) is 108 Å². The smallest absolute Gasteiger partial charge is 0.237 e. The maximum absolute atomic E-state index is 13.2. The molecule has 0 aliphatic heterocycles. The van der Waals surface area contributed by atoms with Gasteiger partial charge in [0.2, 0.25) is 5.91 Å². The summed E-state index contributed by atoms with van der Waals surface area (Å²) in [5.74, 6) is -0.0252. The third-order valence-electron chi connectivity index (χ3n) is 5.76. The molecule has 0 saturated carbocycles. The molecule has 1 unspecified atom stereocenters. The molecule has 5 heteroatoms. The second kappa shape index (κ2) is 9.98. The average Bonchev–Trinajstić information content (AvgIpc) is 3.32. The highest BCUT2D eigenvalue weighted by Gasteiger charge is 2.22. The van der Waals surface area contributed by atoms with Crippen LogP contribution in [0.4, 0.5) is 5.69 Å². The molecule has 5 rings (SSSR count). The van der Waals surface area contributed by atoms with Crippen LogP contribution in [-0.4, -0.2) is 21.1 Å². The van der Waals surface area contributed by atoms with Gasteiger partial charge in [-0.2, -0.15) is 0 Å². The van der Waals surface area contributed by atoms with Crippen LogP contribution in [0, 0.1) is 0 Å². The van der Waals surface area contributed by atoms with Gasteiger partial charge in [0, 0.05) is 22.2 Å². The summed E-state index contributed by atoms with van der Waals surface area (Å²) in [5.41, 5.74) is 4.78. The summed E-state index contributed by atoms with van der Waals surface area (Å²) in [6.45, 7) is 2.03. The molecule has 34 heavy (non-hydrogen) atoms. The molecule has 0 saturated heterocycles. The first-order valence-electron chi connectivity index (χ1n) is 11.4. The molecule has 0 bridgehead atoms. The van der Waals surface area contributed by atoms with Gasteiger partial charge in [0.15, 0.2) is 5.16 Å². The Morgan fingerprint density at radius 2 is 1.50 bits per heavy atom. The molecule has 2 N–H and O–H groups in total. The minimum absolute atomic E-state index is 0.0252. The molecule has 0 aliphatic carbocycles. The maximum atomic E-state index is 13.2. The number of anilines is 1. The number of carbonyl (C=O) groups is 1. The Bertz CT molecular complexity index is 1350. The summed E-state index contributed by atoms with van der Waals surface area (Å²) < 4.78 is 0. The molecule has 4 nitrogen and oxygen atoms in total. The summed E-state index contributed by atoms with van der Waals surface area (Å²) in [7, 11) is 0. The van der Waals surface area contributed by atoms with E-state index < -0.39 is 0 Å². The van der Waals surface area contributed by atoms with Crippen molar-refractivity contribution in [3.8, 4) is 22.5 Å². The number of amides is 1. The van der Waals surface area contributed by atoms with E-state index in [1.54, 1.807) is 0 Å². The molecule has 1 amide bonds. The SMILES string of the molecule is CCC(Sc1nc(-c2ccccc2)c(-c2ccccc2)[nH]1)C(=O)Nc1cccc2ccccc12. The van der Waals surface area contributed by atoms with Crippen molar-refractivity contribution in [2.75, 3.05) is 5.32 Å². The van der Waals surface area contributed by atoms with Gasteiger partial charge in [0.05, 0.1) is 16.6 Å². The van der Waals surface area contributed by atoms with Crippen molar-refractivity contribution in [3.63, 3.8) is 0 Å². The van der Waals surface area contributed by atoms with Crippen molar-refractivity contribution < 1.29 is 4.79 Å². The van der Waals surface area contributed by atoms with Crippen molar-refractivity contribution in [2.45, 2.75) is 23.8 Å². The largest absolute Gasteiger partial charge is 0.332 e. The highest BCUT2D eigenvalue weighted by Crippen LogP contribution is 2.35. The number of thioether (sulfide) groups is 1. The molecule has 0 spiro atoms. The number of hydrogen-bond donors (Lipinski definition) is 2. The lowest BCUT2D eigenvalue weighted by molar-refractivity contribution is -0.115. The number of aromatic amines is 1. The zero-order valence-corrected chi connectivity index (χ0v) is 19.7. The summed E-state index contributed by atoms with van der Waals surface area (Å²) in [6.07, 6.45) is 0.684. The van der Waals surface area contributed by atoms with Crippen LogP contribution in [0.25, 0.3) is 33.3 Å². The van der Waals surface area contributed by atoms with Crippen molar-refractivity contribution in [3.05, 3.63) is 103 Å². The van der Waals surface area contributed by atoms with Gasteiger partial charge in [0.1, 0.15) is 0 Å². The number of imidazole rings is 1. The van der Waals surface area contributed by atoms with Crippen molar-refractivity contribution >= 4 is 34.1 Å². The van der Waals surface area contributed by atoms with Crippen molar-refractivity contribution in [2.24, 2.45) is 0 Å². The van der Waals surface area contributed by atoms with Crippen LogP contribution in [0.5, 0.6) is 0 Å². The molecule has 0 radical (unpaired) electrons. The number of benzene rings is 4. The topological polar surface area (TPSA) is 57.8 Å². The van der Waals surface area contributed by atoms with E-state index in [1.807, 2.05) is 73.7 Å². The molecule has 5 aromatic rings. The molecule has 4 aromatic carbocycles. The van der Waals surface area contributed by atoms with Crippen LogP contribution in [0.1, 0.15) is 13.3 Å². The lowest BCUT2D eigenvalue weighted by atomic mass is 10.1. The van der Waals surface area contributed by atoms with Gasteiger partial charge in [-0.15, -0.1) is 0 Å². The zero-order chi connectivity index (χ0) is 23.3. The lowest BCUT2D eigenvalue weighted by Gasteiger charge is -2.14. The Hall–Kier alpha value is -3.83. The third-order valence-corrected chi connectivity index (χ3v) is 7.00. The number of rotatable bonds is 7. The lowest BCUT2D eigenvalue weighted by Crippen LogP contribution is -2.24. The number of nitrogens with one attached hydrogen (secondary N) is 2. The van der Waals surface area contributed by atoms with Gasteiger partial charge in [0.25, 0.3) is 0 Å². The second-order valence-corrected chi connectivity index (χ2v) is 9.22. The number of aromatic nitrogens is 2. The molecule has 168 valence electrons. The molecular formula is C29H25N3OS. The Labute approximate surface area is 203 Å². The summed E-state index contributed by atoms with van der Waals surface area (Å²) in [5, 5.41) is 5.73. The first-order valence-corrected chi connectivity index (χ1v) is 12.3. The first-order chi connectivity index (χ1) is 16.7. The number of fused-ring (bicyclic) bond motifs is 1. The first kappa shape index (κ1) is 22.0. The Morgan fingerprint density at radius 3 is 2.24 bits per heavy atom. The quantitative estimate of drug-likeness (QED) is 0.247. The van der Waals surface area contributed by atoms with Gasteiger partial charge in [-0.05, 0) is 17.9 Å². The van der Waals surface area contributed by atoms with Crippen LogP contribution >= 0.6 is 11.8 Å². The predicted octanol–water partition coefficient (Wildman–Crippen LogP) is 7.41. The fourth-order valence-electron chi connectivity index (χ4n) is 4.03. The Kier molecular flexibility index (Phi) is 6.45. The molecule has 1 atom stereocenters. The summed E-state index contributed by atoms with van der Waals surface area (Å²) in [6, 6.07) is 34.4. The van der Waals surface area contributed by atoms with Gasteiger partial charge < -0.3 is 10.3 Å². The minimum Gasteiger partial charge on any atom is -0.332 e. The molecule has 1 heterocycles. The van der Waals surface area contributed by atoms with E-state index in [2.05, 4.69) is 46.7 Å². The fraction of sp³-hybridized carbons (Fsp3) is 0.103. The van der Waals surface area contributed by atoms with Gasteiger partial charge in [-0.1, -0.05) is 116 Å². The number of nitrogens with zero attached hydrogens (tertiary/aromatic N) is 1. The number of hydrogen-bond acceptors (Lipinski definition) is 3. The van der Waals surface area contributed by atoms with E-state index in [0.717, 1.165) is 44.1 Å². The highest BCUT2D eigenvalue weighted by molar-refractivity contribution is 8.00. The number of H-pyrrole nitrogens is 1. The molecule has 0 aliphatic rings. The van der Waals surface area contributed by atoms with Crippen molar-refractivity contribution in [1.29, 1.82) is 0 Å². The number of carbonyl (C=O) groups excluding carboxylic acids is 1. The summed E-state index contributed by atoms with van der Waals surface area (Å²) in [4.78, 5) is 21.6. The normalized spacial score (nSPS) is 11.9. The van der Waals surface area contributed by atoms with E-state index in [-0.39, 0.29) is 11.2 Å². The van der Waals surface area contributed by atoms with Crippen molar-refractivity contribution in [1.82, 2.24) is 9.97 Å². The standard InChI is InChI=1S/C29H25N3OS/c1-2-25(28(33)30-24-19-11-17-20-12-9-10-18-23(20)24)34-29-31-26(21-13-5-3-6-14-21)27(32-29)22-15-7-4-8-16-22/h3-19,25H,2H2,1H3,(H,30,33)(H,31,32). The monoisotopic (exact) mass is 463 g/mol. The molecular weight excluding hydrogens is 438 g/mol. The zero-order valence-electron chi connectivity index (χ0n) is 18.9. The van der Waals surface area contributed by atoms with Crippen LogP contribution in [-0.2, 0) is 4.79 Å². The van der Waals surface area contributed by atoms with Crippen LogP contribution in [0.3, 0.4) is 0 Å². The van der Waals surface area contributed by atoms with Crippen LogP contribution in [0.2, 0.25) is 0 Å². The molecule has 0 fully saturated rings. The Morgan fingerprint density at radius 1 is 0.853 bits per heavy atom. The van der Waals surface area contributed by atoms with E-state index in [0.29, 0.717) is 6.42 Å². The Balaban J connectivity index is 1.43. The second-order valence-electron chi connectivity index (χ2n) is 8.03. The minimum atomic E-state index is -0.280. The maximum Gasteiger partial charge on any atom is 0.237 e. The van der Waals surface area contributed by atoms with E-state index in [9.17, 15) is 4.79 Å². The van der Waals surface area contributed by atoms with Gasteiger partial charge in [-0.25, -0.2) is 4.98 Å². The fourth-order valence-corrected chi connectivity index (χ4v) is 4.94. The van der Waals surface area contributed by atoms with E-state index in [4.69, 9.17) is 4.98 Å². The average molecular weight is 464 g/mol. The highest BCUT2D eigenvalue weighted by atomic mass is 32.2. The van der Waals surface area contributed by atoms with Crippen LogP contribution < -0.4 is 5.32 Å².